The normalized spacial score (nSPS) is 24.9. The molecular weight excluding hydrogens is 571 g/mol. The minimum atomic E-state index is -1.67. The molecule has 0 aromatic rings. The molecule has 45 heavy (non-hydrogen) atoms. The molecule has 1 aliphatic heterocycles. The first kappa shape index (κ1) is 43.3. The van der Waals surface area contributed by atoms with Crippen molar-refractivity contribution in [1.82, 2.24) is 0 Å². The molecule has 0 bridgehead atoms. The molecular formula is C41H83O3P. The monoisotopic (exact) mass is 655 g/mol. The van der Waals surface area contributed by atoms with Crippen LogP contribution >= 0.6 is 8.60 Å². The van der Waals surface area contributed by atoms with Gasteiger partial charge in [0.1, 0.15) is 0 Å². The zero-order valence-electron chi connectivity index (χ0n) is 31.1. The van der Waals surface area contributed by atoms with Gasteiger partial charge in [-0.3, -0.25) is 0 Å². The Kier molecular flexibility index (Phi) is 32.9. The van der Waals surface area contributed by atoms with E-state index >= 15 is 0 Å². The molecule has 0 saturated carbocycles. The van der Waals surface area contributed by atoms with E-state index in [0.29, 0.717) is 18.6 Å². The zero-order valence-corrected chi connectivity index (χ0v) is 32.0. The van der Waals surface area contributed by atoms with E-state index in [0.717, 1.165) is 12.8 Å². The summed E-state index contributed by atoms with van der Waals surface area (Å²) in [5.74, 6) is 0. The topological polar surface area (TPSA) is 38.7 Å². The third kappa shape index (κ3) is 34.0. The van der Waals surface area contributed by atoms with Crippen molar-refractivity contribution >= 4 is 8.60 Å². The van der Waals surface area contributed by atoms with Gasteiger partial charge in [0.2, 0.25) is 0 Å². The summed E-state index contributed by atoms with van der Waals surface area (Å²) >= 11 is 0. The van der Waals surface area contributed by atoms with Gasteiger partial charge in [0, 0.05) is 0 Å². The fourth-order valence-electron chi connectivity index (χ4n) is 7.16. The second-order valence-electron chi connectivity index (χ2n) is 15.6. The molecule has 1 heterocycles. The summed E-state index contributed by atoms with van der Waals surface area (Å²) in [5, 5.41) is 0. The van der Waals surface area contributed by atoms with Crippen molar-refractivity contribution in [2.75, 3.05) is 13.2 Å². The maximum absolute atomic E-state index is 9.96. The molecule has 1 rings (SSSR count). The van der Waals surface area contributed by atoms with Crippen molar-refractivity contribution in [3.63, 3.8) is 0 Å². The van der Waals surface area contributed by atoms with Crippen LogP contribution in [-0.2, 0) is 9.05 Å². The molecule has 1 fully saturated rings. The van der Waals surface area contributed by atoms with Crippen LogP contribution in [0.15, 0.2) is 0 Å². The van der Waals surface area contributed by atoms with Gasteiger partial charge in [-0.2, -0.15) is 0 Å². The van der Waals surface area contributed by atoms with Gasteiger partial charge in [0.15, 0.2) is 0 Å². The molecule has 0 unspecified atom stereocenters. The third-order valence-corrected chi connectivity index (χ3v) is 11.2. The lowest BCUT2D eigenvalue weighted by Crippen LogP contribution is -2.11. The van der Waals surface area contributed by atoms with Crippen LogP contribution in [0.4, 0.5) is 0 Å². The summed E-state index contributed by atoms with van der Waals surface area (Å²) in [6.45, 7) is 6.33. The highest BCUT2D eigenvalue weighted by Crippen LogP contribution is 2.33. The van der Waals surface area contributed by atoms with Gasteiger partial charge >= 0.3 is 8.60 Å². The molecule has 270 valence electrons. The molecule has 0 spiro atoms. The molecule has 3 nitrogen and oxygen atoms in total. The van der Waals surface area contributed by atoms with Crippen LogP contribution in [0.2, 0.25) is 0 Å². The van der Waals surface area contributed by atoms with Crippen molar-refractivity contribution in [2.45, 2.75) is 245 Å². The molecule has 0 radical (unpaired) electrons. The predicted molar refractivity (Wildman–Crippen MR) is 201 cm³/mol. The maximum atomic E-state index is 9.96. The van der Waals surface area contributed by atoms with Crippen molar-refractivity contribution < 1.29 is 13.9 Å². The lowest BCUT2D eigenvalue weighted by atomic mass is 9.81. The van der Waals surface area contributed by atoms with Gasteiger partial charge in [-0.25, -0.2) is 0 Å². The fraction of sp³-hybridized carbons (Fsp3) is 1.00. The fourth-order valence-corrected chi connectivity index (χ4v) is 7.81. The second kappa shape index (κ2) is 34.2. The van der Waals surface area contributed by atoms with E-state index in [-0.39, 0.29) is 0 Å². The van der Waals surface area contributed by atoms with Gasteiger partial charge in [-0.1, -0.05) is 219 Å². The number of rotatable bonds is 0. The minimum absolute atomic E-state index is 0.558. The first-order chi connectivity index (χ1) is 22.1. The first-order valence-electron chi connectivity index (χ1n) is 20.8. The lowest BCUT2D eigenvalue weighted by molar-refractivity contribution is 0.193. The predicted octanol–water partition coefficient (Wildman–Crippen LogP) is 15.3. The highest BCUT2D eigenvalue weighted by molar-refractivity contribution is 7.40. The van der Waals surface area contributed by atoms with Crippen molar-refractivity contribution in [3.8, 4) is 0 Å². The van der Waals surface area contributed by atoms with Crippen LogP contribution in [0.1, 0.15) is 245 Å². The molecule has 0 atom stereocenters. The summed E-state index contributed by atoms with van der Waals surface area (Å²) in [4.78, 5) is 9.96. The molecule has 1 N–H and O–H groups in total. The molecule has 0 amide bonds. The smallest absolute Gasteiger partial charge is 0.328 e. The molecule has 1 saturated heterocycles. The summed E-state index contributed by atoms with van der Waals surface area (Å²) in [6, 6.07) is 0. The Morgan fingerprint density at radius 1 is 0.311 bits per heavy atom. The van der Waals surface area contributed by atoms with Gasteiger partial charge in [0.05, 0.1) is 13.2 Å². The lowest BCUT2D eigenvalue weighted by Gasteiger charge is -2.24. The Bertz CT molecular complexity index is 523. The van der Waals surface area contributed by atoms with E-state index in [1.165, 1.54) is 218 Å². The van der Waals surface area contributed by atoms with E-state index in [1.807, 2.05) is 0 Å². The van der Waals surface area contributed by atoms with Crippen LogP contribution in [0, 0.1) is 5.41 Å². The Labute approximate surface area is 285 Å². The van der Waals surface area contributed by atoms with Crippen molar-refractivity contribution in [3.05, 3.63) is 0 Å². The molecule has 0 aromatic carbocycles. The van der Waals surface area contributed by atoms with E-state index in [9.17, 15) is 4.89 Å². The largest absolute Gasteiger partial charge is 0.329 e. The molecule has 0 aliphatic carbocycles. The van der Waals surface area contributed by atoms with E-state index in [4.69, 9.17) is 9.05 Å². The van der Waals surface area contributed by atoms with Crippen LogP contribution in [0.3, 0.4) is 0 Å². The average molecular weight is 655 g/mol. The van der Waals surface area contributed by atoms with E-state index < -0.39 is 8.60 Å². The van der Waals surface area contributed by atoms with Crippen LogP contribution in [0.25, 0.3) is 0 Å². The maximum Gasteiger partial charge on any atom is 0.329 e. The molecule has 0 aromatic heterocycles. The first-order valence-corrected chi connectivity index (χ1v) is 22.0. The van der Waals surface area contributed by atoms with Crippen molar-refractivity contribution in [2.24, 2.45) is 5.41 Å². The summed E-state index contributed by atoms with van der Waals surface area (Å²) in [5.41, 5.74) is 0.558. The van der Waals surface area contributed by atoms with Crippen molar-refractivity contribution in [1.29, 1.82) is 0 Å². The Hall–Kier alpha value is 0.310. The standard InChI is InChI=1S/C41H83O3P/c1-41(2)37-33-29-25-21-17-13-9-5-3-7-11-15-19-23-27-31-35-39-43-45(42)44-40-36-32-28-24-20-16-12-8-4-6-10-14-18-22-26-30-34-38-41/h42H,3-40H2,1-2H3. The average Bonchev–Trinajstić information content (AvgIpc) is 3.02. The number of hydrogen-bond donors (Lipinski definition) is 1. The van der Waals surface area contributed by atoms with E-state index in [2.05, 4.69) is 13.8 Å². The molecule has 1 aliphatic rings. The Balaban J connectivity index is 2.12. The van der Waals surface area contributed by atoms with Gasteiger partial charge < -0.3 is 13.9 Å². The van der Waals surface area contributed by atoms with Gasteiger partial charge in [-0.05, 0) is 31.1 Å². The van der Waals surface area contributed by atoms with E-state index in [1.54, 1.807) is 0 Å². The van der Waals surface area contributed by atoms with Gasteiger partial charge in [-0.15, -0.1) is 0 Å². The van der Waals surface area contributed by atoms with Crippen LogP contribution < -0.4 is 0 Å². The summed E-state index contributed by atoms with van der Waals surface area (Å²) in [6.07, 6.45) is 50.1. The Morgan fingerprint density at radius 3 is 0.711 bits per heavy atom. The highest BCUT2D eigenvalue weighted by Gasteiger charge is 2.16. The van der Waals surface area contributed by atoms with Crippen LogP contribution in [-0.4, -0.2) is 18.1 Å². The Morgan fingerprint density at radius 2 is 0.489 bits per heavy atom. The number of hydrogen-bond acceptors (Lipinski definition) is 3. The summed E-state index contributed by atoms with van der Waals surface area (Å²) in [7, 11) is -1.67. The SMILES string of the molecule is CC1(C)CCCCCCCCCCCCCCCCCCCOP(O)OCCCCCCCCCCCCCCCCCCC1. The molecule has 4 heteroatoms. The third-order valence-electron chi connectivity index (χ3n) is 10.4. The zero-order chi connectivity index (χ0) is 32.4. The quantitative estimate of drug-likeness (QED) is 0.264. The van der Waals surface area contributed by atoms with Gasteiger partial charge in [0.25, 0.3) is 0 Å². The summed E-state index contributed by atoms with van der Waals surface area (Å²) < 4.78 is 11.0. The minimum Gasteiger partial charge on any atom is -0.328 e. The second-order valence-corrected chi connectivity index (χ2v) is 16.6. The van der Waals surface area contributed by atoms with Crippen LogP contribution in [0.5, 0.6) is 0 Å². The highest BCUT2D eigenvalue weighted by atomic mass is 31.2.